The summed E-state index contributed by atoms with van der Waals surface area (Å²) < 4.78 is 0.857. The number of ketones is 1. The van der Waals surface area contributed by atoms with Gasteiger partial charge in [0.1, 0.15) is 6.04 Å². The molecule has 0 aromatic carbocycles. The Balaban J connectivity index is 0. The molecule has 0 amide bonds. The summed E-state index contributed by atoms with van der Waals surface area (Å²) in [6.45, 7) is 7.22. The minimum Gasteiger partial charge on any atom is -1.00 e. The van der Waals surface area contributed by atoms with Gasteiger partial charge in [-0.05, 0) is 12.8 Å². The van der Waals surface area contributed by atoms with Crippen molar-refractivity contribution in [3.63, 3.8) is 0 Å². The molecule has 98 valence electrons. The molecule has 0 spiro atoms. The van der Waals surface area contributed by atoms with E-state index in [1.54, 1.807) is 6.92 Å². The summed E-state index contributed by atoms with van der Waals surface area (Å²) >= 11 is 0. The van der Waals surface area contributed by atoms with Gasteiger partial charge >= 0.3 is 0 Å². The Labute approximate surface area is 107 Å². The van der Waals surface area contributed by atoms with Crippen molar-refractivity contribution in [3.8, 4) is 0 Å². The molecule has 0 fully saturated rings. The third-order valence-electron chi connectivity index (χ3n) is 3.19. The SMILES string of the molecule is CCCCCC(C(C)=O)[N+](C)(C)CCC.[Cl-]. The van der Waals surface area contributed by atoms with Crippen LogP contribution in [0.1, 0.15) is 52.9 Å². The number of unbranched alkanes of at least 4 members (excludes halogenated alkanes) is 2. The second-order valence-electron chi connectivity index (χ2n) is 5.12. The number of Topliss-reactive ketones (excluding diaryl/α,β-unsaturated/α-hetero) is 1. The van der Waals surface area contributed by atoms with E-state index >= 15 is 0 Å². The molecule has 0 saturated carbocycles. The zero-order chi connectivity index (χ0) is 11.9. The third kappa shape index (κ3) is 6.49. The quantitative estimate of drug-likeness (QED) is 0.438. The molecule has 0 bridgehead atoms. The van der Waals surface area contributed by atoms with Crippen molar-refractivity contribution in [1.29, 1.82) is 0 Å². The summed E-state index contributed by atoms with van der Waals surface area (Å²) in [6, 6.07) is 0.205. The first kappa shape index (κ1) is 18.3. The highest BCUT2D eigenvalue weighted by Gasteiger charge is 2.30. The number of nitrogens with zero attached hydrogens (tertiary/aromatic N) is 1. The number of hydrogen-bond donors (Lipinski definition) is 0. The molecule has 0 aromatic rings. The monoisotopic (exact) mass is 249 g/mol. The van der Waals surface area contributed by atoms with Crippen LogP contribution in [-0.2, 0) is 4.79 Å². The Morgan fingerprint density at radius 3 is 2.06 bits per heavy atom. The van der Waals surface area contributed by atoms with E-state index in [0.29, 0.717) is 5.78 Å². The molecule has 1 atom stereocenters. The molecule has 0 aliphatic rings. The van der Waals surface area contributed by atoms with E-state index in [9.17, 15) is 4.79 Å². The van der Waals surface area contributed by atoms with E-state index in [4.69, 9.17) is 0 Å². The highest BCUT2D eigenvalue weighted by atomic mass is 35.5. The second-order valence-corrected chi connectivity index (χ2v) is 5.12. The molecule has 0 aliphatic heterocycles. The second kappa shape index (κ2) is 9.00. The first-order valence-corrected chi connectivity index (χ1v) is 6.28. The topological polar surface area (TPSA) is 17.1 Å². The number of rotatable bonds is 8. The maximum Gasteiger partial charge on any atom is 0.186 e. The van der Waals surface area contributed by atoms with E-state index in [2.05, 4.69) is 27.9 Å². The molecule has 0 radical (unpaired) electrons. The Bertz CT molecular complexity index is 192. The molecule has 0 rings (SSSR count). The van der Waals surface area contributed by atoms with Crippen molar-refractivity contribution in [3.05, 3.63) is 0 Å². The molecular formula is C13H28ClNO. The lowest BCUT2D eigenvalue weighted by molar-refractivity contribution is -0.906. The fourth-order valence-corrected chi connectivity index (χ4v) is 2.36. The van der Waals surface area contributed by atoms with Crippen molar-refractivity contribution in [2.45, 2.75) is 58.9 Å². The lowest BCUT2D eigenvalue weighted by atomic mass is 10.0. The summed E-state index contributed by atoms with van der Waals surface area (Å²) in [6.07, 6.45) is 5.86. The van der Waals surface area contributed by atoms with E-state index in [1.807, 2.05) is 0 Å². The maximum atomic E-state index is 11.6. The molecule has 16 heavy (non-hydrogen) atoms. The fourth-order valence-electron chi connectivity index (χ4n) is 2.36. The molecule has 0 saturated heterocycles. The van der Waals surface area contributed by atoms with Crippen LogP contribution in [0.15, 0.2) is 0 Å². The average molecular weight is 250 g/mol. The number of likely N-dealkylation sites (N-methyl/N-ethyl adjacent to an activating group) is 1. The molecule has 0 heterocycles. The number of quaternary nitrogens is 1. The Kier molecular flexibility index (Phi) is 10.3. The van der Waals surface area contributed by atoms with Gasteiger partial charge in [-0.25, -0.2) is 0 Å². The number of hydrogen-bond acceptors (Lipinski definition) is 1. The van der Waals surface area contributed by atoms with Crippen LogP contribution in [0.2, 0.25) is 0 Å². The number of carbonyl (C=O) groups is 1. The zero-order valence-corrected chi connectivity index (χ0v) is 12.3. The van der Waals surface area contributed by atoms with Gasteiger partial charge in [0, 0.05) is 13.3 Å². The Morgan fingerprint density at radius 2 is 1.69 bits per heavy atom. The molecule has 3 heteroatoms. The van der Waals surface area contributed by atoms with Crippen LogP contribution >= 0.6 is 0 Å². The fraction of sp³-hybridized carbons (Fsp3) is 0.923. The lowest BCUT2D eigenvalue weighted by Crippen LogP contribution is -3.00. The largest absolute Gasteiger partial charge is 1.00 e. The standard InChI is InChI=1S/C13H28NO.ClH/c1-6-8-9-10-13(12(3)15)14(4,5)11-7-2;/h13H,6-11H2,1-5H3;1H/q+1;/p-1. The highest BCUT2D eigenvalue weighted by molar-refractivity contribution is 5.80. The van der Waals surface area contributed by atoms with Crippen LogP contribution in [0.3, 0.4) is 0 Å². The van der Waals surface area contributed by atoms with E-state index in [1.165, 1.54) is 19.3 Å². The predicted octanol–water partition coefficient (Wildman–Crippen LogP) is 0.0147. The van der Waals surface area contributed by atoms with Crippen molar-refractivity contribution < 1.29 is 21.7 Å². The third-order valence-corrected chi connectivity index (χ3v) is 3.19. The average Bonchev–Trinajstić information content (AvgIpc) is 2.11. The zero-order valence-electron chi connectivity index (χ0n) is 11.6. The van der Waals surface area contributed by atoms with Crippen LogP contribution in [0, 0.1) is 0 Å². The van der Waals surface area contributed by atoms with E-state index in [-0.39, 0.29) is 18.4 Å². The molecule has 0 aliphatic carbocycles. The van der Waals surface area contributed by atoms with Crippen LogP contribution in [0.5, 0.6) is 0 Å². The minimum absolute atomic E-state index is 0. The summed E-state index contributed by atoms with van der Waals surface area (Å²) in [4.78, 5) is 11.6. The Hall–Kier alpha value is -0.0800. The van der Waals surface area contributed by atoms with Gasteiger partial charge in [-0.1, -0.05) is 26.7 Å². The number of carbonyl (C=O) groups excluding carboxylic acids is 1. The van der Waals surface area contributed by atoms with Crippen LogP contribution in [-0.4, -0.2) is 36.9 Å². The number of halogens is 1. The van der Waals surface area contributed by atoms with Crippen molar-refractivity contribution in [1.82, 2.24) is 0 Å². The molecule has 1 unspecified atom stereocenters. The lowest BCUT2D eigenvalue weighted by Gasteiger charge is -2.36. The smallest absolute Gasteiger partial charge is 0.186 e. The van der Waals surface area contributed by atoms with Crippen LogP contribution < -0.4 is 12.4 Å². The van der Waals surface area contributed by atoms with E-state index in [0.717, 1.165) is 23.9 Å². The van der Waals surface area contributed by atoms with Gasteiger partial charge in [0.05, 0.1) is 20.6 Å². The van der Waals surface area contributed by atoms with E-state index < -0.39 is 0 Å². The van der Waals surface area contributed by atoms with Gasteiger partial charge < -0.3 is 16.9 Å². The minimum atomic E-state index is 0. The normalized spacial score (nSPS) is 13.1. The van der Waals surface area contributed by atoms with Crippen molar-refractivity contribution >= 4 is 5.78 Å². The summed E-state index contributed by atoms with van der Waals surface area (Å²) in [5.41, 5.74) is 0. The van der Waals surface area contributed by atoms with Gasteiger partial charge in [0.15, 0.2) is 5.78 Å². The van der Waals surface area contributed by atoms with Gasteiger partial charge in [-0.3, -0.25) is 4.79 Å². The highest BCUT2D eigenvalue weighted by Crippen LogP contribution is 2.16. The van der Waals surface area contributed by atoms with Gasteiger partial charge in [-0.15, -0.1) is 0 Å². The summed E-state index contributed by atoms with van der Waals surface area (Å²) in [5, 5.41) is 0. The predicted molar refractivity (Wildman–Crippen MR) is 65.9 cm³/mol. The van der Waals surface area contributed by atoms with Crippen molar-refractivity contribution in [2.75, 3.05) is 20.6 Å². The van der Waals surface area contributed by atoms with Gasteiger partial charge in [0.25, 0.3) is 0 Å². The van der Waals surface area contributed by atoms with Crippen LogP contribution in [0.4, 0.5) is 0 Å². The van der Waals surface area contributed by atoms with Crippen LogP contribution in [0.25, 0.3) is 0 Å². The summed E-state index contributed by atoms with van der Waals surface area (Å²) in [7, 11) is 4.36. The van der Waals surface area contributed by atoms with Gasteiger partial charge in [-0.2, -0.15) is 0 Å². The maximum absolute atomic E-state index is 11.6. The Morgan fingerprint density at radius 1 is 1.12 bits per heavy atom. The molecular weight excluding hydrogens is 222 g/mol. The van der Waals surface area contributed by atoms with Gasteiger partial charge in [0.2, 0.25) is 0 Å². The molecule has 0 N–H and O–H groups in total. The first-order valence-electron chi connectivity index (χ1n) is 6.28. The summed E-state index contributed by atoms with van der Waals surface area (Å²) in [5.74, 6) is 0.351. The molecule has 0 aromatic heterocycles. The van der Waals surface area contributed by atoms with Crippen molar-refractivity contribution in [2.24, 2.45) is 0 Å². The first-order chi connectivity index (χ1) is 6.95. The molecule has 2 nitrogen and oxygen atoms in total.